The zero-order valence-electron chi connectivity index (χ0n) is 10.1. The molecule has 1 aromatic rings. The van der Waals surface area contributed by atoms with Crippen molar-refractivity contribution in [2.75, 3.05) is 0 Å². The number of aromatic nitrogens is 3. The zero-order valence-corrected chi connectivity index (χ0v) is 10.1. The van der Waals surface area contributed by atoms with Crippen LogP contribution in [-0.4, -0.2) is 15.0 Å². The SMILES string of the molecule is Cn1nnc2c1CCCCCC(C)(C)C2. The van der Waals surface area contributed by atoms with Crippen LogP contribution in [0.3, 0.4) is 0 Å². The van der Waals surface area contributed by atoms with Gasteiger partial charge in [-0.1, -0.05) is 31.9 Å². The number of aryl methyl sites for hydroxylation is 1. The van der Waals surface area contributed by atoms with Crippen molar-refractivity contribution in [3.8, 4) is 0 Å². The van der Waals surface area contributed by atoms with Crippen molar-refractivity contribution in [1.82, 2.24) is 15.0 Å². The molecule has 0 spiro atoms. The van der Waals surface area contributed by atoms with Crippen LogP contribution in [0.15, 0.2) is 0 Å². The molecule has 0 atom stereocenters. The minimum atomic E-state index is 0.384. The van der Waals surface area contributed by atoms with Crippen molar-refractivity contribution in [2.24, 2.45) is 12.5 Å². The van der Waals surface area contributed by atoms with Crippen molar-refractivity contribution >= 4 is 0 Å². The van der Waals surface area contributed by atoms with Crippen LogP contribution < -0.4 is 0 Å². The fourth-order valence-corrected chi connectivity index (χ4v) is 2.48. The quantitative estimate of drug-likeness (QED) is 0.654. The Morgan fingerprint density at radius 3 is 2.80 bits per heavy atom. The highest BCUT2D eigenvalue weighted by Gasteiger charge is 2.23. The highest BCUT2D eigenvalue weighted by molar-refractivity contribution is 5.12. The first-order valence-corrected chi connectivity index (χ1v) is 5.96. The lowest BCUT2D eigenvalue weighted by atomic mass is 9.83. The molecule has 0 aliphatic heterocycles. The second kappa shape index (κ2) is 3.95. The van der Waals surface area contributed by atoms with Crippen LogP contribution in [0.2, 0.25) is 0 Å². The summed E-state index contributed by atoms with van der Waals surface area (Å²) in [7, 11) is 2.01. The van der Waals surface area contributed by atoms with Crippen molar-refractivity contribution in [3.63, 3.8) is 0 Å². The van der Waals surface area contributed by atoms with E-state index in [2.05, 4.69) is 24.2 Å². The molecule has 0 saturated carbocycles. The molecule has 2 rings (SSSR count). The monoisotopic (exact) mass is 207 g/mol. The van der Waals surface area contributed by atoms with Crippen LogP contribution in [0.4, 0.5) is 0 Å². The van der Waals surface area contributed by atoms with E-state index < -0.39 is 0 Å². The fraction of sp³-hybridized carbons (Fsp3) is 0.833. The van der Waals surface area contributed by atoms with Gasteiger partial charge in [0.1, 0.15) is 0 Å². The molecule has 3 nitrogen and oxygen atoms in total. The Morgan fingerprint density at radius 1 is 1.20 bits per heavy atom. The maximum Gasteiger partial charge on any atom is 0.0864 e. The molecule has 0 bridgehead atoms. The Balaban J connectivity index is 2.28. The minimum absolute atomic E-state index is 0.384. The van der Waals surface area contributed by atoms with Crippen LogP contribution in [0.5, 0.6) is 0 Å². The van der Waals surface area contributed by atoms with E-state index >= 15 is 0 Å². The highest BCUT2D eigenvalue weighted by atomic mass is 15.4. The molecule has 84 valence electrons. The number of hydrogen-bond donors (Lipinski definition) is 0. The topological polar surface area (TPSA) is 30.7 Å². The van der Waals surface area contributed by atoms with Gasteiger partial charge in [0.25, 0.3) is 0 Å². The summed E-state index contributed by atoms with van der Waals surface area (Å²) in [5.74, 6) is 0. The normalized spacial score (nSPS) is 21.3. The second-order valence-corrected chi connectivity index (χ2v) is 5.51. The second-order valence-electron chi connectivity index (χ2n) is 5.51. The zero-order chi connectivity index (χ0) is 10.9. The third kappa shape index (κ3) is 2.39. The summed E-state index contributed by atoms with van der Waals surface area (Å²) in [4.78, 5) is 0. The minimum Gasteiger partial charge on any atom is -0.252 e. The van der Waals surface area contributed by atoms with E-state index in [1.54, 1.807) is 0 Å². The van der Waals surface area contributed by atoms with Gasteiger partial charge in [-0.15, -0.1) is 5.10 Å². The number of nitrogens with zero attached hydrogens (tertiary/aromatic N) is 3. The van der Waals surface area contributed by atoms with E-state index in [0.29, 0.717) is 5.41 Å². The van der Waals surface area contributed by atoms with E-state index in [1.807, 2.05) is 11.7 Å². The summed E-state index contributed by atoms with van der Waals surface area (Å²) in [6.45, 7) is 4.69. The number of hydrogen-bond acceptors (Lipinski definition) is 2. The van der Waals surface area contributed by atoms with Gasteiger partial charge in [-0.3, -0.25) is 4.68 Å². The first-order chi connectivity index (χ1) is 7.08. The maximum atomic E-state index is 4.31. The molecule has 0 fully saturated rings. The van der Waals surface area contributed by atoms with Gasteiger partial charge in [0.15, 0.2) is 0 Å². The van der Waals surface area contributed by atoms with E-state index in [1.165, 1.54) is 37.1 Å². The standard InChI is InChI=1S/C12H21N3/c1-12(2)8-6-4-5-7-11-10(9-12)13-14-15(11)3/h4-9H2,1-3H3. The van der Waals surface area contributed by atoms with Gasteiger partial charge in [-0.25, -0.2) is 0 Å². The maximum absolute atomic E-state index is 4.31. The Morgan fingerprint density at radius 2 is 2.00 bits per heavy atom. The third-order valence-electron chi connectivity index (χ3n) is 3.44. The Kier molecular flexibility index (Phi) is 2.81. The predicted molar refractivity (Wildman–Crippen MR) is 60.7 cm³/mol. The lowest BCUT2D eigenvalue weighted by Crippen LogP contribution is -2.15. The summed E-state index contributed by atoms with van der Waals surface area (Å²) in [5.41, 5.74) is 2.96. The fourth-order valence-electron chi connectivity index (χ4n) is 2.48. The average molecular weight is 207 g/mol. The first kappa shape index (κ1) is 10.7. The molecular formula is C12H21N3. The third-order valence-corrected chi connectivity index (χ3v) is 3.44. The molecule has 0 saturated heterocycles. The predicted octanol–water partition coefficient (Wildman–Crippen LogP) is 2.50. The van der Waals surface area contributed by atoms with Gasteiger partial charge >= 0.3 is 0 Å². The van der Waals surface area contributed by atoms with E-state index in [4.69, 9.17) is 0 Å². The van der Waals surface area contributed by atoms with Crippen LogP contribution >= 0.6 is 0 Å². The van der Waals surface area contributed by atoms with Crippen LogP contribution in [0, 0.1) is 5.41 Å². The molecule has 0 amide bonds. The van der Waals surface area contributed by atoms with Crippen molar-refractivity contribution in [2.45, 2.75) is 52.4 Å². The summed E-state index contributed by atoms with van der Waals surface area (Å²) < 4.78 is 1.96. The smallest absolute Gasteiger partial charge is 0.0864 e. The molecule has 0 N–H and O–H groups in total. The Labute approximate surface area is 91.9 Å². The first-order valence-electron chi connectivity index (χ1n) is 5.96. The van der Waals surface area contributed by atoms with E-state index in [0.717, 1.165) is 12.8 Å². The summed E-state index contributed by atoms with van der Waals surface area (Å²) in [6.07, 6.45) is 7.51. The Bertz CT molecular complexity index is 339. The van der Waals surface area contributed by atoms with Gasteiger partial charge in [0.05, 0.1) is 11.4 Å². The molecule has 1 heterocycles. The largest absolute Gasteiger partial charge is 0.252 e. The summed E-state index contributed by atoms with van der Waals surface area (Å²) in [6, 6.07) is 0. The van der Waals surface area contributed by atoms with Gasteiger partial charge < -0.3 is 0 Å². The average Bonchev–Trinajstić information content (AvgIpc) is 2.49. The molecule has 1 aromatic heterocycles. The van der Waals surface area contributed by atoms with Crippen LogP contribution in [-0.2, 0) is 19.9 Å². The molecule has 0 aromatic carbocycles. The Hall–Kier alpha value is -0.860. The molecule has 3 heteroatoms. The van der Waals surface area contributed by atoms with Gasteiger partial charge in [0, 0.05) is 7.05 Å². The molecule has 1 aliphatic rings. The van der Waals surface area contributed by atoms with Gasteiger partial charge in [0.2, 0.25) is 0 Å². The molecular weight excluding hydrogens is 186 g/mol. The summed E-state index contributed by atoms with van der Waals surface area (Å²) >= 11 is 0. The van der Waals surface area contributed by atoms with Crippen molar-refractivity contribution in [1.29, 1.82) is 0 Å². The van der Waals surface area contributed by atoms with E-state index in [9.17, 15) is 0 Å². The lowest BCUT2D eigenvalue weighted by Gasteiger charge is -2.22. The van der Waals surface area contributed by atoms with Crippen LogP contribution in [0.25, 0.3) is 0 Å². The molecule has 1 aliphatic carbocycles. The number of fused-ring (bicyclic) bond motifs is 1. The molecule has 0 radical (unpaired) electrons. The highest BCUT2D eigenvalue weighted by Crippen LogP contribution is 2.30. The molecule has 15 heavy (non-hydrogen) atoms. The van der Waals surface area contributed by atoms with Crippen molar-refractivity contribution < 1.29 is 0 Å². The van der Waals surface area contributed by atoms with Gasteiger partial charge in [-0.2, -0.15) is 0 Å². The lowest BCUT2D eigenvalue weighted by molar-refractivity contribution is 0.317. The molecule has 0 unspecified atom stereocenters. The summed E-state index contributed by atoms with van der Waals surface area (Å²) in [5, 5.41) is 8.45. The number of rotatable bonds is 0. The van der Waals surface area contributed by atoms with Crippen molar-refractivity contribution in [3.05, 3.63) is 11.4 Å². The van der Waals surface area contributed by atoms with E-state index in [-0.39, 0.29) is 0 Å². The van der Waals surface area contributed by atoms with Gasteiger partial charge in [-0.05, 0) is 31.1 Å². The van der Waals surface area contributed by atoms with Crippen LogP contribution in [0.1, 0.15) is 50.9 Å².